The van der Waals surface area contributed by atoms with Gasteiger partial charge in [0.1, 0.15) is 0 Å². The van der Waals surface area contributed by atoms with Gasteiger partial charge in [-0.05, 0) is 34.9 Å². The van der Waals surface area contributed by atoms with Crippen LogP contribution in [0.4, 0.5) is 18.3 Å². The Morgan fingerprint density at radius 1 is 0.970 bits per heavy atom. The summed E-state index contributed by atoms with van der Waals surface area (Å²) in [4.78, 5) is 15.7. The minimum atomic E-state index is -4.64. The number of rotatable bonds is 6. The molecule has 9 heteroatoms. The fourth-order valence-corrected chi connectivity index (χ4v) is 3.74. The molecule has 0 saturated carbocycles. The van der Waals surface area contributed by atoms with E-state index >= 15 is 0 Å². The summed E-state index contributed by atoms with van der Waals surface area (Å²) in [5.74, 6) is -1.42. The zero-order valence-electron chi connectivity index (χ0n) is 16.9. The number of hydrogen-bond acceptors (Lipinski definition) is 5. The maximum Gasteiger partial charge on any atom is 0.416 e. The standard InChI is InChI=1S/C24H16F3N3O2S/c25-24(26,27)20-11-18(10-19(12-20)22(31)32)16-8-6-15(7-9-16)13-28-30-23-29-21(14-33-23)17-4-2-1-3-5-17/h1-14H,(H,29,30)(H,31,32). The summed E-state index contributed by atoms with van der Waals surface area (Å²) in [6.45, 7) is 0. The molecule has 0 amide bonds. The van der Waals surface area contributed by atoms with Crippen LogP contribution in [0.1, 0.15) is 21.5 Å². The van der Waals surface area contributed by atoms with Crippen molar-refractivity contribution in [2.45, 2.75) is 6.18 Å². The van der Waals surface area contributed by atoms with Gasteiger partial charge in [-0.2, -0.15) is 18.3 Å². The molecule has 1 aromatic heterocycles. The summed E-state index contributed by atoms with van der Waals surface area (Å²) < 4.78 is 39.4. The van der Waals surface area contributed by atoms with Gasteiger partial charge in [0.05, 0.1) is 23.0 Å². The Labute approximate surface area is 190 Å². The highest BCUT2D eigenvalue weighted by Gasteiger charge is 2.32. The van der Waals surface area contributed by atoms with Crippen LogP contribution in [0.25, 0.3) is 22.4 Å². The molecule has 0 atom stereocenters. The fourth-order valence-electron chi connectivity index (χ4n) is 3.07. The van der Waals surface area contributed by atoms with E-state index in [1.54, 1.807) is 30.5 Å². The summed E-state index contributed by atoms with van der Waals surface area (Å²) in [5.41, 5.74) is 4.60. The molecule has 0 saturated heterocycles. The second kappa shape index (κ2) is 9.25. The number of aromatic nitrogens is 1. The van der Waals surface area contributed by atoms with Crippen molar-refractivity contribution in [3.63, 3.8) is 0 Å². The number of halogens is 3. The maximum atomic E-state index is 13.1. The molecule has 4 aromatic rings. The zero-order chi connectivity index (χ0) is 23.4. The lowest BCUT2D eigenvalue weighted by Crippen LogP contribution is -2.08. The van der Waals surface area contributed by atoms with Gasteiger partial charge in [0.15, 0.2) is 0 Å². The van der Waals surface area contributed by atoms with Gasteiger partial charge in [-0.1, -0.05) is 54.6 Å². The van der Waals surface area contributed by atoms with Crippen LogP contribution in [-0.2, 0) is 6.18 Å². The van der Waals surface area contributed by atoms with E-state index in [0.29, 0.717) is 22.3 Å². The van der Waals surface area contributed by atoms with Crippen molar-refractivity contribution >= 4 is 28.7 Å². The molecule has 2 N–H and O–H groups in total. The number of carboxylic acid groups (broad SMARTS) is 1. The fraction of sp³-hybridized carbons (Fsp3) is 0.0417. The SMILES string of the molecule is O=C(O)c1cc(-c2ccc(C=NNc3nc(-c4ccccc4)cs3)cc2)cc(C(F)(F)F)c1. The van der Waals surface area contributed by atoms with Crippen molar-refractivity contribution in [2.75, 3.05) is 5.43 Å². The maximum absolute atomic E-state index is 13.1. The molecule has 3 aromatic carbocycles. The van der Waals surface area contributed by atoms with Gasteiger partial charge < -0.3 is 5.11 Å². The molecule has 4 rings (SSSR count). The van der Waals surface area contributed by atoms with Gasteiger partial charge in [-0.25, -0.2) is 9.78 Å². The predicted octanol–water partition coefficient (Wildman–Crippen LogP) is 6.64. The van der Waals surface area contributed by atoms with Gasteiger partial charge in [0, 0.05) is 10.9 Å². The smallest absolute Gasteiger partial charge is 0.416 e. The molecule has 0 unspecified atom stereocenters. The molecular weight excluding hydrogens is 451 g/mol. The third kappa shape index (κ3) is 5.45. The first-order valence-corrected chi connectivity index (χ1v) is 10.5. The average molecular weight is 467 g/mol. The van der Waals surface area contributed by atoms with Crippen molar-refractivity contribution < 1.29 is 23.1 Å². The average Bonchev–Trinajstić information content (AvgIpc) is 3.28. The normalized spacial score (nSPS) is 11.6. The number of alkyl halides is 3. The second-order valence-corrected chi connectivity index (χ2v) is 7.86. The summed E-state index contributed by atoms with van der Waals surface area (Å²) in [6.07, 6.45) is -3.09. The van der Waals surface area contributed by atoms with Crippen LogP contribution in [0.15, 0.2) is 83.3 Å². The first-order chi connectivity index (χ1) is 15.8. The van der Waals surface area contributed by atoms with E-state index in [2.05, 4.69) is 15.5 Å². The molecule has 0 aliphatic heterocycles. The third-order valence-electron chi connectivity index (χ3n) is 4.70. The highest BCUT2D eigenvalue weighted by atomic mass is 32.1. The molecule has 0 radical (unpaired) electrons. The van der Waals surface area contributed by atoms with Crippen molar-refractivity contribution in [1.29, 1.82) is 0 Å². The quantitative estimate of drug-likeness (QED) is 0.246. The zero-order valence-corrected chi connectivity index (χ0v) is 17.7. The summed E-state index contributed by atoms with van der Waals surface area (Å²) in [7, 11) is 0. The molecule has 0 bridgehead atoms. The van der Waals surface area contributed by atoms with E-state index in [0.717, 1.165) is 17.3 Å². The first kappa shape index (κ1) is 22.2. The van der Waals surface area contributed by atoms with Crippen LogP contribution in [0.2, 0.25) is 0 Å². The predicted molar refractivity (Wildman–Crippen MR) is 123 cm³/mol. The minimum absolute atomic E-state index is 0.167. The van der Waals surface area contributed by atoms with Crippen LogP contribution in [0, 0.1) is 0 Å². The number of anilines is 1. The lowest BCUT2D eigenvalue weighted by Gasteiger charge is -2.11. The van der Waals surface area contributed by atoms with Gasteiger partial charge in [-0.3, -0.25) is 5.43 Å². The van der Waals surface area contributed by atoms with Gasteiger partial charge in [0.25, 0.3) is 0 Å². The first-order valence-electron chi connectivity index (χ1n) is 9.65. The molecule has 33 heavy (non-hydrogen) atoms. The monoisotopic (exact) mass is 467 g/mol. The van der Waals surface area contributed by atoms with Crippen molar-refractivity contribution in [3.05, 3.63) is 94.9 Å². The molecule has 0 spiro atoms. The topological polar surface area (TPSA) is 74.6 Å². The van der Waals surface area contributed by atoms with E-state index < -0.39 is 23.3 Å². The summed E-state index contributed by atoms with van der Waals surface area (Å²) in [5, 5.41) is 15.8. The molecule has 0 aliphatic rings. The number of benzene rings is 3. The van der Waals surface area contributed by atoms with Crippen LogP contribution >= 0.6 is 11.3 Å². The van der Waals surface area contributed by atoms with Crippen molar-refractivity contribution in [1.82, 2.24) is 4.98 Å². The van der Waals surface area contributed by atoms with Crippen LogP contribution in [-0.4, -0.2) is 22.3 Å². The second-order valence-electron chi connectivity index (χ2n) is 7.00. The largest absolute Gasteiger partial charge is 0.478 e. The van der Waals surface area contributed by atoms with Gasteiger partial charge in [-0.15, -0.1) is 11.3 Å². The van der Waals surface area contributed by atoms with Gasteiger partial charge >= 0.3 is 12.1 Å². The number of thiazole rings is 1. The van der Waals surface area contributed by atoms with E-state index in [1.807, 2.05) is 35.7 Å². The Kier molecular flexibility index (Phi) is 6.23. The van der Waals surface area contributed by atoms with Crippen LogP contribution in [0.3, 0.4) is 0 Å². The Balaban J connectivity index is 1.48. The number of hydrazone groups is 1. The molecule has 0 fully saturated rings. The van der Waals surface area contributed by atoms with E-state index in [9.17, 15) is 18.0 Å². The van der Waals surface area contributed by atoms with Crippen molar-refractivity contribution in [2.24, 2.45) is 5.10 Å². The molecule has 5 nitrogen and oxygen atoms in total. The highest BCUT2D eigenvalue weighted by molar-refractivity contribution is 7.14. The number of aromatic carboxylic acids is 1. The number of carboxylic acids is 1. The molecular formula is C24H16F3N3O2S. The lowest BCUT2D eigenvalue weighted by molar-refractivity contribution is -0.137. The number of carbonyl (C=O) groups is 1. The molecule has 166 valence electrons. The summed E-state index contributed by atoms with van der Waals surface area (Å²) >= 11 is 1.41. The van der Waals surface area contributed by atoms with Crippen LogP contribution in [0.5, 0.6) is 0 Å². The Morgan fingerprint density at radius 3 is 2.36 bits per heavy atom. The number of nitrogens with one attached hydrogen (secondary N) is 1. The van der Waals surface area contributed by atoms with Crippen LogP contribution < -0.4 is 5.43 Å². The third-order valence-corrected chi connectivity index (χ3v) is 5.45. The lowest BCUT2D eigenvalue weighted by atomic mass is 9.98. The van der Waals surface area contributed by atoms with E-state index in [-0.39, 0.29) is 5.56 Å². The van der Waals surface area contributed by atoms with Gasteiger partial charge in [0.2, 0.25) is 5.13 Å². The van der Waals surface area contributed by atoms with E-state index in [4.69, 9.17) is 5.11 Å². The Hall–Kier alpha value is -3.98. The number of hydrogen-bond donors (Lipinski definition) is 2. The Morgan fingerprint density at radius 2 is 1.70 bits per heavy atom. The van der Waals surface area contributed by atoms with E-state index in [1.165, 1.54) is 17.4 Å². The molecule has 1 heterocycles. The summed E-state index contributed by atoms with van der Waals surface area (Å²) in [6, 6.07) is 19.1. The highest BCUT2D eigenvalue weighted by Crippen LogP contribution is 2.33. The Bertz CT molecular complexity index is 1300. The minimum Gasteiger partial charge on any atom is -0.478 e. The molecule has 0 aliphatic carbocycles. The van der Waals surface area contributed by atoms with Crippen molar-refractivity contribution in [3.8, 4) is 22.4 Å². The number of nitrogens with zero attached hydrogens (tertiary/aromatic N) is 2.